The van der Waals surface area contributed by atoms with Crippen LogP contribution < -0.4 is 5.32 Å². The minimum absolute atomic E-state index is 0.0688. The van der Waals surface area contributed by atoms with E-state index in [4.69, 9.17) is 0 Å². The van der Waals surface area contributed by atoms with Crippen LogP contribution in [-0.4, -0.2) is 26.4 Å². The first kappa shape index (κ1) is 11.9. The standard InChI is InChI=1S/C12H19N5/c1-12(2,13-3)11-9-14-10-16(11)7-8-17-6-4-5-15-17/h4-6,9-10,13H,7-8H2,1-3H3. The Morgan fingerprint density at radius 3 is 2.82 bits per heavy atom. The molecular weight excluding hydrogens is 214 g/mol. The Bertz CT molecular complexity index is 455. The van der Waals surface area contributed by atoms with Crippen molar-refractivity contribution in [2.45, 2.75) is 32.5 Å². The first-order chi connectivity index (χ1) is 8.13. The number of hydrogen-bond acceptors (Lipinski definition) is 3. The predicted octanol–water partition coefficient (Wildman–Crippen LogP) is 1.23. The van der Waals surface area contributed by atoms with Gasteiger partial charge in [-0.05, 0) is 27.0 Å². The summed E-state index contributed by atoms with van der Waals surface area (Å²) in [6.45, 7) is 6.03. The van der Waals surface area contributed by atoms with Crippen molar-refractivity contribution < 1.29 is 0 Å². The van der Waals surface area contributed by atoms with Crippen LogP contribution in [0, 0.1) is 0 Å². The van der Waals surface area contributed by atoms with Gasteiger partial charge in [-0.15, -0.1) is 0 Å². The maximum atomic E-state index is 4.23. The van der Waals surface area contributed by atoms with Crippen LogP contribution in [0.25, 0.3) is 0 Å². The molecule has 0 spiro atoms. The van der Waals surface area contributed by atoms with Crippen molar-refractivity contribution >= 4 is 0 Å². The normalized spacial score (nSPS) is 11.9. The molecule has 0 saturated carbocycles. The Labute approximate surface area is 101 Å². The molecule has 0 atom stereocenters. The second-order valence-electron chi connectivity index (χ2n) is 4.62. The average molecular weight is 233 g/mol. The molecule has 0 aliphatic rings. The highest BCUT2D eigenvalue weighted by molar-refractivity contribution is 5.10. The third-order valence-corrected chi connectivity index (χ3v) is 3.11. The highest BCUT2D eigenvalue weighted by Crippen LogP contribution is 2.18. The number of nitrogens with one attached hydrogen (secondary N) is 1. The maximum absolute atomic E-state index is 4.23. The predicted molar refractivity (Wildman–Crippen MR) is 66.5 cm³/mol. The van der Waals surface area contributed by atoms with E-state index in [0.29, 0.717) is 0 Å². The molecule has 1 N–H and O–H groups in total. The van der Waals surface area contributed by atoms with Crippen molar-refractivity contribution in [1.29, 1.82) is 0 Å². The Kier molecular flexibility index (Phi) is 3.28. The van der Waals surface area contributed by atoms with Crippen LogP contribution in [0.3, 0.4) is 0 Å². The summed E-state index contributed by atoms with van der Waals surface area (Å²) in [6.07, 6.45) is 7.56. The van der Waals surface area contributed by atoms with Gasteiger partial charge in [0.2, 0.25) is 0 Å². The van der Waals surface area contributed by atoms with Crippen molar-refractivity contribution in [3.8, 4) is 0 Å². The number of nitrogens with zero attached hydrogens (tertiary/aromatic N) is 4. The molecular formula is C12H19N5. The minimum atomic E-state index is -0.0688. The van der Waals surface area contributed by atoms with Crippen LogP contribution >= 0.6 is 0 Å². The summed E-state index contributed by atoms with van der Waals surface area (Å²) in [5, 5.41) is 7.49. The van der Waals surface area contributed by atoms with Crippen LogP contribution in [0.4, 0.5) is 0 Å². The van der Waals surface area contributed by atoms with Crippen molar-refractivity contribution in [3.05, 3.63) is 36.7 Å². The van der Waals surface area contributed by atoms with Gasteiger partial charge in [-0.25, -0.2) is 4.98 Å². The van der Waals surface area contributed by atoms with Crippen molar-refractivity contribution in [1.82, 2.24) is 24.6 Å². The first-order valence-electron chi connectivity index (χ1n) is 5.80. The van der Waals surface area contributed by atoms with E-state index >= 15 is 0 Å². The average Bonchev–Trinajstić information content (AvgIpc) is 2.97. The van der Waals surface area contributed by atoms with E-state index in [1.54, 1.807) is 6.20 Å². The third-order valence-electron chi connectivity index (χ3n) is 3.11. The topological polar surface area (TPSA) is 47.7 Å². The molecule has 0 saturated heterocycles. The molecule has 0 radical (unpaired) electrons. The zero-order chi connectivity index (χ0) is 12.3. The summed E-state index contributed by atoms with van der Waals surface area (Å²) in [5.74, 6) is 0. The number of hydrogen-bond donors (Lipinski definition) is 1. The molecule has 2 aromatic heterocycles. The van der Waals surface area contributed by atoms with Gasteiger partial charge in [0.15, 0.2) is 0 Å². The molecule has 0 unspecified atom stereocenters. The fraction of sp³-hybridized carbons (Fsp3) is 0.500. The summed E-state index contributed by atoms with van der Waals surface area (Å²) in [7, 11) is 1.96. The van der Waals surface area contributed by atoms with Gasteiger partial charge in [0.1, 0.15) is 0 Å². The number of imidazole rings is 1. The van der Waals surface area contributed by atoms with Gasteiger partial charge in [-0.2, -0.15) is 5.10 Å². The van der Waals surface area contributed by atoms with E-state index < -0.39 is 0 Å². The highest BCUT2D eigenvalue weighted by Gasteiger charge is 2.21. The maximum Gasteiger partial charge on any atom is 0.0949 e. The van der Waals surface area contributed by atoms with Gasteiger partial charge < -0.3 is 9.88 Å². The van der Waals surface area contributed by atoms with Crippen LogP contribution in [-0.2, 0) is 18.6 Å². The third kappa shape index (κ3) is 2.55. The summed E-state index contributed by atoms with van der Waals surface area (Å²) >= 11 is 0. The summed E-state index contributed by atoms with van der Waals surface area (Å²) in [5.41, 5.74) is 1.12. The lowest BCUT2D eigenvalue weighted by atomic mass is 10.0. The lowest BCUT2D eigenvalue weighted by Crippen LogP contribution is -2.35. The van der Waals surface area contributed by atoms with Crippen LogP contribution in [0.1, 0.15) is 19.5 Å². The smallest absolute Gasteiger partial charge is 0.0949 e. The van der Waals surface area contributed by atoms with Gasteiger partial charge in [0.05, 0.1) is 24.1 Å². The molecule has 0 aliphatic heterocycles. The quantitative estimate of drug-likeness (QED) is 0.845. The largest absolute Gasteiger partial charge is 0.331 e. The fourth-order valence-electron chi connectivity index (χ4n) is 1.79. The lowest BCUT2D eigenvalue weighted by molar-refractivity contribution is 0.399. The molecule has 0 amide bonds. The van der Waals surface area contributed by atoms with Crippen molar-refractivity contribution in [2.24, 2.45) is 0 Å². The molecule has 5 nitrogen and oxygen atoms in total. The molecule has 0 aromatic carbocycles. The van der Waals surface area contributed by atoms with Gasteiger partial charge in [0, 0.05) is 25.1 Å². The zero-order valence-corrected chi connectivity index (χ0v) is 10.6. The van der Waals surface area contributed by atoms with E-state index in [0.717, 1.165) is 13.1 Å². The summed E-state index contributed by atoms with van der Waals surface area (Å²) in [6, 6.07) is 1.94. The summed E-state index contributed by atoms with van der Waals surface area (Å²) in [4.78, 5) is 4.23. The number of rotatable bonds is 5. The molecule has 0 fully saturated rings. The summed E-state index contributed by atoms with van der Waals surface area (Å²) < 4.78 is 4.09. The minimum Gasteiger partial charge on any atom is -0.331 e. The molecule has 17 heavy (non-hydrogen) atoms. The van der Waals surface area contributed by atoms with Gasteiger partial charge in [-0.1, -0.05) is 0 Å². The first-order valence-corrected chi connectivity index (χ1v) is 5.80. The molecule has 0 bridgehead atoms. The van der Waals surface area contributed by atoms with E-state index in [9.17, 15) is 0 Å². The van der Waals surface area contributed by atoms with E-state index in [-0.39, 0.29) is 5.54 Å². The van der Waals surface area contributed by atoms with Crippen molar-refractivity contribution in [2.75, 3.05) is 7.05 Å². The molecule has 92 valence electrons. The number of aromatic nitrogens is 4. The Balaban J connectivity index is 2.09. The Hall–Kier alpha value is -1.62. The molecule has 2 aromatic rings. The number of aryl methyl sites for hydroxylation is 2. The van der Waals surface area contributed by atoms with Crippen LogP contribution in [0.15, 0.2) is 31.0 Å². The van der Waals surface area contributed by atoms with Gasteiger partial charge in [-0.3, -0.25) is 4.68 Å². The SMILES string of the molecule is CNC(C)(C)c1cncn1CCn1cccn1. The van der Waals surface area contributed by atoms with E-state index in [1.165, 1.54) is 5.69 Å². The van der Waals surface area contributed by atoms with E-state index in [2.05, 4.69) is 33.8 Å². The van der Waals surface area contributed by atoms with Crippen molar-refractivity contribution in [3.63, 3.8) is 0 Å². The Morgan fingerprint density at radius 2 is 2.18 bits per heavy atom. The van der Waals surface area contributed by atoms with Crippen LogP contribution in [0.5, 0.6) is 0 Å². The van der Waals surface area contributed by atoms with Gasteiger partial charge in [0.25, 0.3) is 0 Å². The highest BCUT2D eigenvalue weighted by atomic mass is 15.3. The monoisotopic (exact) mass is 233 g/mol. The van der Waals surface area contributed by atoms with E-state index in [1.807, 2.05) is 36.5 Å². The van der Waals surface area contributed by atoms with Gasteiger partial charge >= 0.3 is 0 Å². The molecule has 2 heterocycles. The molecule has 5 heteroatoms. The second kappa shape index (κ2) is 4.71. The molecule has 2 rings (SSSR count). The lowest BCUT2D eigenvalue weighted by Gasteiger charge is -2.25. The second-order valence-corrected chi connectivity index (χ2v) is 4.62. The Morgan fingerprint density at radius 1 is 1.35 bits per heavy atom. The molecule has 0 aliphatic carbocycles. The zero-order valence-electron chi connectivity index (χ0n) is 10.6. The van der Waals surface area contributed by atoms with Crippen LogP contribution in [0.2, 0.25) is 0 Å². The fourth-order valence-corrected chi connectivity index (χ4v) is 1.79.